The van der Waals surface area contributed by atoms with Crippen LogP contribution in [-0.4, -0.2) is 25.5 Å². The Morgan fingerprint density at radius 3 is 2.63 bits per heavy atom. The topological polar surface area (TPSA) is 52.7 Å². The van der Waals surface area contributed by atoms with Crippen LogP contribution in [0.5, 0.6) is 0 Å². The largest absolute Gasteiger partial charge is 0.273 e. The first-order chi connectivity index (χ1) is 8.99. The van der Waals surface area contributed by atoms with Gasteiger partial charge in [0.15, 0.2) is 0 Å². The standard InChI is InChI=1S/C12H14I2N4O/c1-8-12(14)9(2)17(16-8)5-3-4-11(19)18-7-10(13)6-15-18/h6-7H,3-5H2,1-2H3. The highest BCUT2D eigenvalue weighted by atomic mass is 127. The van der Waals surface area contributed by atoms with Gasteiger partial charge < -0.3 is 0 Å². The van der Waals surface area contributed by atoms with Crippen molar-refractivity contribution in [2.75, 3.05) is 0 Å². The first kappa shape index (κ1) is 14.9. The summed E-state index contributed by atoms with van der Waals surface area (Å²) in [6.45, 7) is 4.82. The van der Waals surface area contributed by atoms with Crippen LogP contribution in [0.3, 0.4) is 0 Å². The number of aromatic nitrogens is 4. The molecule has 0 radical (unpaired) electrons. The Hall–Kier alpha value is -0.450. The van der Waals surface area contributed by atoms with Crippen LogP contribution < -0.4 is 0 Å². The van der Waals surface area contributed by atoms with E-state index >= 15 is 0 Å². The van der Waals surface area contributed by atoms with Crippen molar-refractivity contribution in [3.63, 3.8) is 0 Å². The highest BCUT2D eigenvalue weighted by Gasteiger charge is 2.10. The summed E-state index contributed by atoms with van der Waals surface area (Å²) in [5, 5.41) is 8.47. The lowest BCUT2D eigenvalue weighted by Crippen LogP contribution is -2.12. The SMILES string of the molecule is Cc1nn(CCCC(=O)n2cc(I)cn2)c(C)c1I. The lowest BCUT2D eigenvalue weighted by atomic mass is 10.3. The Balaban J connectivity index is 1.90. The van der Waals surface area contributed by atoms with E-state index < -0.39 is 0 Å². The molecular weight excluding hydrogens is 470 g/mol. The number of rotatable bonds is 4. The van der Waals surface area contributed by atoms with Crippen molar-refractivity contribution in [2.24, 2.45) is 0 Å². The molecule has 2 aromatic heterocycles. The molecule has 0 spiro atoms. The summed E-state index contributed by atoms with van der Waals surface area (Å²) < 4.78 is 5.55. The van der Waals surface area contributed by atoms with Crippen molar-refractivity contribution in [3.8, 4) is 0 Å². The summed E-state index contributed by atoms with van der Waals surface area (Å²) in [5.74, 6) is 0.0270. The molecule has 0 aliphatic carbocycles. The molecule has 0 unspecified atom stereocenters. The number of hydrogen-bond acceptors (Lipinski definition) is 3. The summed E-state index contributed by atoms with van der Waals surface area (Å²) in [7, 11) is 0. The predicted octanol–water partition coefficient (Wildman–Crippen LogP) is 3.03. The fourth-order valence-electron chi connectivity index (χ4n) is 1.82. The van der Waals surface area contributed by atoms with E-state index in [0.29, 0.717) is 6.42 Å². The third-order valence-electron chi connectivity index (χ3n) is 2.86. The van der Waals surface area contributed by atoms with E-state index in [0.717, 1.165) is 22.2 Å². The normalized spacial score (nSPS) is 10.9. The number of carbonyl (C=O) groups is 1. The van der Waals surface area contributed by atoms with Crippen LogP contribution in [0.4, 0.5) is 0 Å². The van der Waals surface area contributed by atoms with E-state index in [2.05, 4.69) is 62.3 Å². The molecule has 0 aromatic carbocycles. The van der Waals surface area contributed by atoms with Gasteiger partial charge in [0.25, 0.3) is 0 Å². The quantitative estimate of drug-likeness (QED) is 0.628. The van der Waals surface area contributed by atoms with Crippen LogP contribution in [0.25, 0.3) is 0 Å². The molecule has 0 amide bonds. The second-order valence-electron chi connectivity index (χ2n) is 4.31. The van der Waals surface area contributed by atoms with Crippen LogP contribution in [-0.2, 0) is 6.54 Å². The van der Waals surface area contributed by atoms with Crippen LogP contribution in [0, 0.1) is 21.0 Å². The van der Waals surface area contributed by atoms with E-state index in [1.54, 1.807) is 12.4 Å². The smallest absolute Gasteiger partial charge is 0.246 e. The first-order valence-corrected chi connectivity index (χ1v) is 8.07. The monoisotopic (exact) mass is 484 g/mol. The van der Waals surface area contributed by atoms with Gasteiger partial charge in [0, 0.05) is 24.9 Å². The maximum Gasteiger partial charge on any atom is 0.246 e. The van der Waals surface area contributed by atoms with Gasteiger partial charge in [-0.15, -0.1) is 0 Å². The summed E-state index contributed by atoms with van der Waals surface area (Å²) in [6.07, 6.45) is 4.68. The van der Waals surface area contributed by atoms with Crippen molar-refractivity contribution >= 4 is 51.1 Å². The maximum absolute atomic E-state index is 11.9. The van der Waals surface area contributed by atoms with Gasteiger partial charge in [-0.1, -0.05) is 0 Å². The third-order valence-corrected chi connectivity index (χ3v) is 4.98. The van der Waals surface area contributed by atoms with Gasteiger partial charge in [-0.05, 0) is 65.5 Å². The zero-order valence-corrected chi connectivity index (χ0v) is 15.0. The molecule has 2 heterocycles. The van der Waals surface area contributed by atoms with Gasteiger partial charge in [-0.25, -0.2) is 4.68 Å². The van der Waals surface area contributed by atoms with E-state index in [-0.39, 0.29) is 5.91 Å². The minimum absolute atomic E-state index is 0.0270. The first-order valence-electron chi connectivity index (χ1n) is 5.92. The Morgan fingerprint density at radius 2 is 2.11 bits per heavy atom. The predicted molar refractivity (Wildman–Crippen MR) is 89.2 cm³/mol. The minimum atomic E-state index is 0.0270. The van der Waals surface area contributed by atoms with E-state index in [1.807, 2.05) is 11.6 Å². The van der Waals surface area contributed by atoms with Gasteiger partial charge in [-0.3, -0.25) is 9.48 Å². The van der Waals surface area contributed by atoms with Gasteiger partial charge in [0.2, 0.25) is 5.91 Å². The Morgan fingerprint density at radius 1 is 1.37 bits per heavy atom. The molecule has 5 nitrogen and oxygen atoms in total. The fourth-order valence-corrected chi connectivity index (χ4v) is 2.60. The van der Waals surface area contributed by atoms with Crippen LogP contribution in [0.2, 0.25) is 0 Å². The summed E-state index contributed by atoms with van der Waals surface area (Å²) >= 11 is 4.44. The summed E-state index contributed by atoms with van der Waals surface area (Å²) in [5.41, 5.74) is 2.21. The molecule has 7 heteroatoms. The molecular formula is C12H14I2N4O. The number of carbonyl (C=O) groups excluding carboxylic acids is 1. The molecule has 0 aliphatic heterocycles. The zero-order chi connectivity index (χ0) is 14.0. The molecule has 0 saturated heterocycles. The highest BCUT2D eigenvalue weighted by molar-refractivity contribution is 14.1. The summed E-state index contributed by atoms with van der Waals surface area (Å²) in [6, 6.07) is 0. The van der Waals surface area contributed by atoms with Gasteiger partial charge in [0.1, 0.15) is 0 Å². The lowest BCUT2D eigenvalue weighted by Gasteiger charge is -2.04. The van der Waals surface area contributed by atoms with E-state index in [4.69, 9.17) is 0 Å². The average molecular weight is 484 g/mol. The average Bonchev–Trinajstić information content (AvgIpc) is 2.90. The third kappa shape index (κ3) is 3.56. The molecule has 0 saturated carbocycles. The molecule has 0 N–H and O–H groups in total. The van der Waals surface area contributed by atoms with Crippen LogP contribution in [0.1, 0.15) is 29.0 Å². The summed E-state index contributed by atoms with van der Waals surface area (Å²) in [4.78, 5) is 11.9. The van der Waals surface area contributed by atoms with Crippen molar-refractivity contribution in [1.82, 2.24) is 19.6 Å². The van der Waals surface area contributed by atoms with Crippen molar-refractivity contribution < 1.29 is 4.79 Å². The molecule has 0 fully saturated rings. The Labute approximate surface area is 139 Å². The minimum Gasteiger partial charge on any atom is -0.273 e. The number of hydrogen-bond donors (Lipinski definition) is 0. The van der Waals surface area contributed by atoms with Crippen molar-refractivity contribution in [2.45, 2.75) is 33.2 Å². The number of nitrogens with zero attached hydrogens (tertiary/aromatic N) is 4. The lowest BCUT2D eigenvalue weighted by molar-refractivity contribution is 0.0882. The van der Waals surface area contributed by atoms with Crippen LogP contribution in [0.15, 0.2) is 12.4 Å². The second-order valence-corrected chi connectivity index (χ2v) is 6.63. The molecule has 0 aliphatic rings. The van der Waals surface area contributed by atoms with E-state index in [1.165, 1.54) is 13.9 Å². The molecule has 0 atom stereocenters. The maximum atomic E-state index is 11.9. The van der Waals surface area contributed by atoms with Crippen molar-refractivity contribution in [3.05, 3.63) is 30.9 Å². The Kier molecular flexibility index (Phi) is 4.98. The second kappa shape index (κ2) is 6.33. The molecule has 2 rings (SSSR count). The molecule has 0 bridgehead atoms. The van der Waals surface area contributed by atoms with Crippen LogP contribution >= 0.6 is 45.2 Å². The molecule has 102 valence electrons. The molecule has 19 heavy (non-hydrogen) atoms. The van der Waals surface area contributed by atoms with Gasteiger partial charge in [0.05, 0.1) is 19.0 Å². The molecule has 2 aromatic rings. The number of aryl methyl sites for hydroxylation is 2. The fraction of sp³-hybridized carbons (Fsp3) is 0.417. The number of halogens is 2. The Bertz CT molecular complexity index is 603. The van der Waals surface area contributed by atoms with Gasteiger partial charge in [-0.2, -0.15) is 10.2 Å². The highest BCUT2D eigenvalue weighted by Crippen LogP contribution is 2.15. The van der Waals surface area contributed by atoms with E-state index in [9.17, 15) is 4.79 Å². The zero-order valence-electron chi connectivity index (χ0n) is 10.7. The van der Waals surface area contributed by atoms with Crippen molar-refractivity contribution in [1.29, 1.82) is 0 Å². The van der Waals surface area contributed by atoms with Gasteiger partial charge >= 0.3 is 0 Å².